The molecule has 1 aliphatic heterocycles. The number of nitrogens with one attached hydrogen (secondary N) is 1. The van der Waals surface area contributed by atoms with Gasteiger partial charge in [0.2, 0.25) is 0 Å². The molecule has 1 unspecified atom stereocenters. The number of carboxylic acid groups (broad SMARTS) is 1. The van der Waals surface area contributed by atoms with Gasteiger partial charge in [-0.25, -0.2) is 9.59 Å². The van der Waals surface area contributed by atoms with E-state index in [0.717, 1.165) is 0 Å². The summed E-state index contributed by atoms with van der Waals surface area (Å²) in [4.78, 5) is 24.4. The second-order valence-electron chi connectivity index (χ2n) is 7.08. The molecule has 2 fully saturated rings. The monoisotopic (exact) mass is 284 g/mol. The number of amides is 2. The van der Waals surface area contributed by atoms with Crippen molar-refractivity contribution in [3.8, 4) is 0 Å². The predicted octanol–water partition coefficient (Wildman–Crippen LogP) is 0.898. The van der Waals surface area contributed by atoms with E-state index >= 15 is 0 Å². The number of likely N-dealkylation sites (tertiary alicyclic amines) is 1. The molecule has 6 heteroatoms. The SMILES string of the molecule is CC1(C)C(CNC(=O)N2CC(O)C[C@H]2C(=O)O)C1(C)C. The van der Waals surface area contributed by atoms with E-state index < -0.39 is 24.1 Å². The van der Waals surface area contributed by atoms with Crippen LogP contribution in [-0.2, 0) is 4.79 Å². The first-order chi connectivity index (χ1) is 9.09. The Bertz CT molecular complexity index is 419. The van der Waals surface area contributed by atoms with Gasteiger partial charge in [0.25, 0.3) is 0 Å². The Morgan fingerprint density at radius 3 is 2.25 bits per heavy atom. The number of hydrogen-bond acceptors (Lipinski definition) is 3. The lowest BCUT2D eigenvalue weighted by atomic mass is 10.0. The Morgan fingerprint density at radius 2 is 1.80 bits per heavy atom. The molecule has 20 heavy (non-hydrogen) atoms. The third-order valence-corrected chi connectivity index (χ3v) is 5.60. The topological polar surface area (TPSA) is 89.9 Å². The van der Waals surface area contributed by atoms with E-state index in [0.29, 0.717) is 12.5 Å². The molecular formula is C14H24N2O4. The van der Waals surface area contributed by atoms with Crippen molar-refractivity contribution < 1.29 is 19.8 Å². The zero-order valence-electron chi connectivity index (χ0n) is 12.5. The molecule has 0 aromatic rings. The summed E-state index contributed by atoms with van der Waals surface area (Å²) in [6.07, 6.45) is -0.654. The highest BCUT2D eigenvalue weighted by Gasteiger charge is 2.64. The van der Waals surface area contributed by atoms with E-state index in [9.17, 15) is 14.7 Å². The van der Waals surface area contributed by atoms with Gasteiger partial charge in [-0.05, 0) is 16.7 Å². The molecule has 1 aliphatic carbocycles. The van der Waals surface area contributed by atoms with E-state index in [4.69, 9.17) is 5.11 Å². The third kappa shape index (κ3) is 2.26. The van der Waals surface area contributed by atoms with Gasteiger partial charge in [0.05, 0.1) is 6.10 Å². The van der Waals surface area contributed by atoms with Crippen molar-refractivity contribution in [1.82, 2.24) is 10.2 Å². The number of aliphatic hydroxyl groups is 1. The summed E-state index contributed by atoms with van der Waals surface area (Å²) in [5.74, 6) is -0.682. The van der Waals surface area contributed by atoms with Crippen LogP contribution in [0.25, 0.3) is 0 Å². The minimum absolute atomic E-state index is 0.0836. The van der Waals surface area contributed by atoms with Crippen molar-refractivity contribution in [2.45, 2.75) is 46.3 Å². The van der Waals surface area contributed by atoms with Gasteiger partial charge in [-0.15, -0.1) is 0 Å². The van der Waals surface area contributed by atoms with Gasteiger partial charge in [0.1, 0.15) is 6.04 Å². The summed E-state index contributed by atoms with van der Waals surface area (Å²) in [5.41, 5.74) is 0.355. The summed E-state index contributed by atoms with van der Waals surface area (Å²) in [6.45, 7) is 9.30. The number of carboxylic acids is 1. The Morgan fingerprint density at radius 1 is 1.25 bits per heavy atom. The lowest BCUT2D eigenvalue weighted by Gasteiger charge is -2.21. The third-order valence-electron chi connectivity index (χ3n) is 5.60. The molecule has 1 heterocycles. The summed E-state index contributed by atoms with van der Waals surface area (Å²) >= 11 is 0. The van der Waals surface area contributed by atoms with Crippen molar-refractivity contribution in [3.05, 3.63) is 0 Å². The van der Waals surface area contributed by atoms with Gasteiger partial charge in [-0.1, -0.05) is 27.7 Å². The molecule has 3 N–H and O–H groups in total. The highest BCUT2D eigenvalue weighted by molar-refractivity contribution is 5.83. The van der Waals surface area contributed by atoms with Crippen LogP contribution < -0.4 is 5.32 Å². The maximum atomic E-state index is 12.1. The fourth-order valence-corrected chi connectivity index (χ4v) is 3.41. The van der Waals surface area contributed by atoms with E-state index in [2.05, 4.69) is 33.0 Å². The zero-order valence-corrected chi connectivity index (χ0v) is 12.5. The lowest BCUT2D eigenvalue weighted by molar-refractivity contribution is -0.141. The maximum absolute atomic E-state index is 12.1. The van der Waals surface area contributed by atoms with Gasteiger partial charge >= 0.3 is 12.0 Å². The summed E-state index contributed by atoms with van der Waals surface area (Å²) < 4.78 is 0. The first-order valence-corrected chi connectivity index (χ1v) is 7.04. The van der Waals surface area contributed by atoms with Gasteiger partial charge in [-0.3, -0.25) is 0 Å². The van der Waals surface area contributed by atoms with Crippen molar-refractivity contribution in [2.75, 3.05) is 13.1 Å². The molecule has 6 nitrogen and oxygen atoms in total. The zero-order chi connectivity index (χ0) is 15.3. The quantitative estimate of drug-likeness (QED) is 0.718. The second-order valence-corrected chi connectivity index (χ2v) is 7.08. The number of carbonyl (C=O) groups is 2. The van der Waals surface area contributed by atoms with Gasteiger partial charge in [0.15, 0.2) is 0 Å². The lowest BCUT2D eigenvalue weighted by Crippen LogP contribution is -2.46. The number of urea groups is 1. The second kappa shape index (κ2) is 4.62. The van der Waals surface area contributed by atoms with Crippen LogP contribution in [0, 0.1) is 16.7 Å². The Balaban J connectivity index is 1.91. The predicted molar refractivity (Wildman–Crippen MR) is 73.2 cm³/mol. The molecule has 114 valence electrons. The van der Waals surface area contributed by atoms with Crippen molar-refractivity contribution >= 4 is 12.0 Å². The Kier molecular flexibility index (Phi) is 3.48. The molecule has 2 amide bonds. The van der Waals surface area contributed by atoms with Crippen LogP contribution in [0.2, 0.25) is 0 Å². The standard InChI is InChI=1S/C14H24N2O4/c1-13(2)10(14(13,3)4)6-15-12(20)16-7-8(17)5-9(16)11(18)19/h8-10,17H,5-7H2,1-4H3,(H,15,20)(H,18,19)/t8?,9-/m0/s1. The smallest absolute Gasteiger partial charge is 0.326 e. The molecule has 1 saturated carbocycles. The summed E-state index contributed by atoms with van der Waals surface area (Å²) in [7, 11) is 0. The van der Waals surface area contributed by atoms with Crippen molar-refractivity contribution in [1.29, 1.82) is 0 Å². The minimum Gasteiger partial charge on any atom is -0.480 e. The Labute approximate surface area is 119 Å². The molecule has 2 rings (SSSR count). The summed E-state index contributed by atoms with van der Waals surface area (Å²) in [6, 6.07) is -1.32. The van der Waals surface area contributed by atoms with E-state index in [1.54, 1.807) is 0 Å². The molecule has 2 aliphatic rings. The molecule has 1 saturated heterocycles. The van der Waals surface area contributed by atoms with Crippen LogP contribution in [0.1, 0.15) is 34.1 Å². The highest BCUT2D eigenvalue weighted by atomic mass is 16.4. The van der Waals surface area contributed by atoms with E-state index in [-0.39, 0.29) is 23.8 Å². The number of nitrogens with zero attached hydrogens (tertiary/aromatic N) is 1. The van der Waals surface area contributed by atoms with Crippen LogP contribution in [0.15, 0.2) is 0 Å². The fourth-order valence-electron chi connectivity index (χ4n) is 3.41. The molecule has 0 radical (unpaired) electrons. The van der Waals surface area contributed by atoms with Crippen LogP contribution >= 0.6 is 0 Å². The van der Waals surface area contributed by atoms with Crippen molar-refractivity contribution in [2.24, 2.45) is 16.7 Å². The van der Waals surface area contributed by atoms with Crippen LogP contribution in [0.5, 0.6) is 0 Å². The van der Waals surface area contributed by atoms with Gasteiger partial charge < -0.3 is 20.4 Å². The molecule has 2 atom stereocenters. The number of hydrogen-bond donors (Lipinski definition) is 3. The number of aliphatic carboxylic acids is 1. The van der Waals surface area contributed by atoms with Crippen molar-refractivity contribution in [3.63, 3.8) is 0 Å². The minimum atomic E-state index is -1.07. The number of β-amino-alcohol motifs (C(OH)–C–C–N with tert-alkyl or cyclic N) is 1. The Hall–Kier alpha value is -1.30. The van der Waals surface area contributed by atoms with Gasteiger partial charge in [-0.2, -0.15) is 0 Å². The average Bonchev–Trinajstić information content (AvgIpc) is 2.65. The highest BCUT2D eigenvalue weighted by Crippen LogP contribution is 2.67. The van der Waals surface area contributed by atoms with Crippen LogP contribution in [0.4, 0.5) is 4.79 Å². The molecule has 0 bridgehead atoms. The van der Waals surface area contributed by atoms with Crippen LogP contribution in [0.3, 0.4) is 0 Å². The molecule has 0 aromatic carbocycles. The number of carbonyl (C=O) groups excluding carboxylic acids is 1. The van der Waals surface area contributed by atoms with Gasteiger partial charge in [0, 0.05) is 19.5 Å². The number of rotatable bonds is 3. The first-order valence-electron chi connectivity index (χ1n) is 7.04. The maximum Gasteiger partial charge on any atom is 0.326 e. The molecule has 0 aromatic heterocycles. The van der Waals surface area contributed by atoms with Crippen LogP contribution in [-0.4, -0.2) is 52.3 Å². The average molecular weight is 284 g/mol. The first kappa shape index (κ1) is 15.1. The molecule has 0 spiro atoms. The number of aliphatic hydroxyl groups excluding tert-OH is 1. The van der Waals surface area contributed by atoms with E-state index in [1.807, 2.05) is 0 Å². The normalized spacial score (nSPS) is 31.1. The summed E-state index contributed by atoms with van der Waals surface area (Å²) in [5, 5.41) is 21.4. The fraction of sp³-hybridized carbons (Fsp3) is 0.857. The largest absolute Gasteiger partial charge is 0.480 e. The van der Waals surface area contributed by atoms with E-state index in [1.165, 1.54) is 4.90 Å². The molecular weight excluding hydrogens is 260 g/mol.